The van der Waals surface area contributed by atoms with Crippen LogP contribution in [0.3, 0.4) is 0 Å². The predicted molar refractivity (Wildman–Crippen MR) is 280 cm³/mol. The molecule has 6 heterocycles. The lowest BCUT2D eigenvalue weighted by molar-refractivity contribution is 0.436. The van der Waals surface area contributed by atoms with Gasteiger partial charge in [0.05, 0.1) is 33.1 Å². The summed E-state index contributed by atoms with van der Waals surface area (Å²) in [4.78, 5) is 0. The number of thiophene rings is 1. The molecule has 0 atom stereocenters. The number of fused-ring (bicyclic) bond motifs is 17. The van der Waals surface area contributed by atoms with Crippen LogP contribution in [0.2, 0.25) is 0 Å². The first kappa shape index (κ1) is 35.8. The lowest BCUT2D eigenvalue weighted by Gasteiger charge is -2.33. The molecule has 0 N–H and O–H groups in total. The molecule has 0 spiro atoms. The van der Waals surface area contributed by atoms with Crippen LogP contribution in [-0.4, -0.2) is 20.8 Å². The summed E-state index contributed by atoms with van der Waals surface area (Å²) in [5, 5.41) is 9.94. The maximum atomic E-state index is 7.15. The van der Waals surface area contributed by atoms with Crippen molar-refractivity contribution in [3.63, 3.8) is 0 Å². The van der Waals surface area contributed by atoms with Gasteiger partial charge in [0.1, 0.15) is 11.5 Å². The van der Waals surface area contributed by atoms with Crippen molar-refractivity contribution in [1.29, 1.82) is 0 Å². The zero-order valence-electron chi connectivity index (χ0n) is 35.8. The molecule has 0 aliphatic carbocycles. The third-order valence-electron chi connectivity index (χ3n) is 14.5. The minimum Gasteiger partial charge on any atom is -0.521 e. The number of para-hydroxylation sites is 5. The lowest BCUT2D eigenvalue weighted by atomic mass is 9.66. The molecule has 14 aromatic rings. The SMILES string of the molecule is c1ccc2c(c1)sc1ccc3c4ccccc4n(-c4cc5c6c(c4)-c4ccc(-n7c8ccccc8c8ccccc87)cc4OB6Oc4cc(-n6c7ccccc7c7ccccc76)ccc4-5)c3c12. The molecule has 0 radical (unpaired) electrons. The van der Waals surface area contributed by atoms with Gasteiger partial charge in [0.15, 0.2) is 0 Å². The molecular formula is C60H34BN3O2S. The molecule has 0 bridgehead atoms. The highest BCUT2D eigenvalue weighted by Crippen LogP contribution is 2.48. The summed E-state index contributed by atoms with van der Waals surface area (Å²) >= 11 is 1.86. The van der Waals surface area contributed by atoms with Crippen LogP contribution in [-0.2, 0) is 0 Å². The van der Waals surface area contributed by atoms with Crippen LogP contribution >= 0.6 is 11.3 Å². The summed E-state index contributed by atoms with van der Waals surface area (Å²) < 4.78 is 24.1. The third-order valence-corrected chi connectivity index (χ3v) is 15.6. The number of aromatic nitrogens is 3. The Morgan fingerprint density at radius 3 is 1.27 bits per heavy atom. The van der Waals surface area contributed by atoms with E-state index in [-0.39, 0.29) is 0 Å². The molecule has 0 saturated heterocycles. The molecule has 0 saturated carbocycles. The van der Waals surface area contributed by atoms with Gasteiger partial charge in [-0.2, -0.15) is 0 Å². The van der Waals surface area contributed by atoms with Crippen molar-refractivity contribution in [1.82, 2.24) is 13.7 Å². The van der Waals surface area contributed by atoms with Gasteiger partial charge in [-0.1, -0.05) is 115 Å². The van der Waals surface area contributed by atoms with E-state index in [2.05, 4.69) is 220 Å². The highest BCUT2D eigenvalue weighted by atomic mass is 32.1. The molecule has 10 aromatic carbocycles. The Bertz CT molecular complexity index is 4200. The number of hydrogen-bond donors (Lipinski definition) is 0. The standard InChI is InChI=1S/C60H34BN3O2S/c1-7-19-49-38(13-1)39-14-2-8-20-50(39)62(49)35-25-27-43-47-31-37(64-53-23-11-5-17-42(53)45-29-30-57-58(60(45)64)46-18-6-12-24-56(46)67-57)32-48-44-28-26-36(34-55(44)66-61(59(47)48)65-54(43)33-35)63-51-21-9-3-15-40(51)41-16-4-10-22-52(41)63/h1-34H. The van der Waals surface area contributed by atoms with Gasteiger partial charge in [-0.05, 0) is 90.0 Å². The molecule has 310 valence electrons. The van der Waals surface area contributed by atoms with Crippen molar-refractivity contribution >= 4 is 110 Å². The van der Waals surface area contributed by atoms with E-state index < -0.39 is 7.12 Å². The van der Waals surface area contributed by atoms with Gasteiger partial charge >= 0.3 is 7.12 Å². The van der Waals surface area contributed by atoms with Gasteiger partial charge in [0.2, 0.25) is 0 Å². The molecule has 0 amide bonds. The smallest absolute Gasteiger partial charge is 0.521 e. The van der Waals surface area contributed by atoms with Crippen LogP contribution in [0, 0.1) is 0 Å². The van der Waals surface area contributed by atoms with E-state index >= 15 is 0 Å². The van der Waals surface area contributed by atoms with E-state index in [0.717, 1.165) is 78.3 Å². The molecule has 16 rings (SSSR count). The fraction of sp³-hybridized carbons (Fsp3) is 0. The molecule has 0 fully saturated rings. The zero-order chi connectivity index (χ0) is 43.5. The Kier molecular flexibility index (Phi) is 6.98. The van der Waals surface area contributed by atoms with Crippen LogP contribution in [0.15, 0.2) is 206 Å². The van der Waals surface area contributed by atoms with Gasteiger partial charge in [-0.3, -0.25) is 0 Å². The van der Waals surface area contributed by atoms with Crippen molar-refractivity contribution in [3.8, 4) is 50.8 Å². The average Bonchev–Trinajstić information content (AvgIpc) is 4.12. The quantitative estimate of drug-likeness (QED) is 0.166. The van der Waals surface area contributed by atoms with E-state index in [1.54, 1.807) is 0 Å². The monoisotopic (exact) mass is 871 g/mol. The number of rotatable bonds is 3. The number of hydrogen-bond acceptors (Lipinski definition) is 3. The van der Waals surface area contributed by atoms with Crippen LogP contribution in [0.1, 0.15) is 0 Å². The van der Waals surface area contributed by atoms with Gasteiger partial charge in [-0.25, -0.2) is 0 Å². The second-order valence-electron chi connectivity index (χ2n) is 17.9. The van der Waals surface area contributed by atoms with E-state index in [4.69, 9.17) is 9.31 Å². The number of nitrogens with zero attached hydrogens (tertiary/aromatic N) is 3. The van der Waals surface area contributed by atoms with E-state index in [1.807, 2.05) is 11.3 Å². The summed E-state index contributed by atoms with van der Waals surface area (Å²) in [6.07, 6.45) is 0. The first-order valence-corrected chi connectivity index (χ1v) is 23.7. The summed E-state index contributed by atoms with van der Waals surface area (Å²) in [5.74, 6) is 1.57. The van der Waals surface area contributed by atoms with Crippen molar-refractivity contribution in [2.45, 2.75) is 0 Å². The van der Waals surface area contributed by atoms with Crippen LogP contribution in [0.4, 0.5) is 0 Å². The van der Waals surface area contributed by atoms with Crippen molar-refractivity contribution in [3.05, 3.63) is 206 Å². The second-order valence-corrected chi connectivity index (χ2v) is 19.0. The van der Waals surface area contributed by atoms with Crippen LogP contribution in [0.5, 0.6) is 11.5 Å². The highest BCUT2D eigenvalue weighted by Gasteiger charge is 2.42. The van der Waals surface area contributed by atoms with E-state index in [0.29, 0.717) is 0 Å². The molecular weight excluding hydrogens is 838 g/mol. The van der Waals surface area contributed by atoms with Crippen LogP contribution in [0.25, 0.3) is 125 Å². The van der Waals surface area contributed by atoms with Gasteiger partial charge in [0.25, 0.3) is 0 Å². The molecule has 5 nitrogen and oxygen atoms in total. The minimum atomic E-state index is -0.675. The molecule has 2 aliphatic rings. The largest absolute Gasteiger partial charge is 0.633 e. The minimum absolute atomic E-state index is 0.675. The van der Waals surface area contributed by atoms with Crippen molar-refractivity contribution in [2.24, 2.45) is 0 Å². The number of benzene rings is 10. The first-order valence-electron chi connectivity index (χ1n) is 22.8. The fourth-order valence-electron chi connectivity index (χ4n) is 11.7. The Morgan fingerprint density at radius 1 is 0.328 bits per heavy atom. The molecule has 67 heavy (non-hydrogen) atoms. The summed E-state index contributed by atoms with van der Waals surface area (Å²) in [5.41, 5.74) is 15.5. The Balaban J connectivity index is 0.979. The Labute approximate surface area is 387 Å². The first-order chi connectivity index (χ1) is 33.2. The average molecular weight is 872 g/mol. The van der Waals surface area contributed by atoms with Gasteiger partial charge in [-0.15, -0.1) is 11.3 Å². The lowest BCUT2D eigenvalue weighted by Crippen LogP contribution is -2.49. The van der Waals surface area contributed by atoms with Gasteiger partial charge in [0, 0.05) is 98.3 Å². The third kappa shape index (κ3) is 4.78. The normalized spacial score (nSPS) is 13.0. The molecule has 2 aliphatic heterocycles. The van der Waals surface area contributed by atoms with Crippen molar-refractivity contribution < 1.29 is 9.31 Å². The van der Waals surface area contributed by atoms with E-state index in [1.165, 1.54) is 63.5 Å². The van der Waals surface area contributed by atoms with Gasteiger partial charge < -0.3 is 23.0 Å². The maximum Gasteiger partial charge on any atom is 0.633 e. The second kappa shape index (κ2) is 13.1. The Hall–Kier alpha value is -8.52. The zero-order valence-corrected chi connectivity index (χ0v) is 36.6. The molecule has 4 aromatic heterocycles. The summed E-state index contributed by atoms with van der Waals surface area (Å²) in [6, 6.07) is 75.2. The van der Waals surface area contributed by atoms with E-state index in [9.17, 15) is 0 Å². The van der Waals surface area contributed by atoms with Crippen molar-refractivity contribution in [2.75, 3.05) is 0 Å². The summed E-state index contributed by atoms with van der Waals surface area (Å²) in [6.45, 7) is 0. The summed E-state index contributed by atoms with van der Waals surface area (Å²) in [7, 11) is -0.675. The molecule has 7 heteroatoms. The van der Waals surface area contributed by atoms with Crippen LogP contribution < -0.4 is 14.8 Å². The Morgan fingerprint density at radius 2 is 0.761 bits per heavy atom. The highest BCUT2D eigenvalue weighted by molar-refractivity contribution is 7.26. The molecule has 0 unspecified atom stereocenters. The predicted octanol–water partition coefficient (Wildman–Crippen LogP) is 15.2. The fourth-order valence-corrected chi connectivity index (χ4v) is 12.8. The maximum absolute atomic E-state index is 7.15. The topological polar surface area (TPSA) is 33.2 Å².